The van der Waals surface area contributed by atoms with Gasteiger partial charge in [-0.3, -0.25) is 4.79 Å². The maximum absolute atomic E-state index is 12.5. The van der Waals surface area contributed by atoms with Crippen LogP contribution >= 0.6 is 27.3 Å². The lowest BCUT2D eigenvalue weighted by Crippen LogP contribution is -2.14. The fraction of sp³-hybridized carbons (Fsp3) is 0.158. The van der Waals surface area contributed by atoms with Crippen LogP contribution in [-0.2, 0) is 7.05 Å². The lowest BCUT2D eigenvalue weighted by atomic mass is 10.1. The minimum absolute atomic E-state index is 0.259. The van der Waals surface area contributed by atoms with Crippen molar-refractivity contribution in [3.63, 3.8) is 0 Å². The third kappa shape index (κ3) is 3.60. The van der Waals surface area contributed by atoms with Gasteiger partial charge in [0.05, 0.1) is 18.4 Å². The third-order valence-corrected chi connectivity index (χ3v) is 5.60. The maximum Gasteiger partial charge on any atom is 0.280 e. The standard InChI is InChI=1S/C19H17BrN2O2S/c1-12-17(13-8-10-14(24-3)11-9-13)22(2)19(25-12)21-18(23)15-6-4-5-7-16(15)20/h4-11H,1-3H3. The topological polar surface area (TPSA) is 43.6 Å². The predicted molar refractivity (Wildman–Crippen MR) is 104 cm³/mol. The van der Waals surface area contributed by atoms with Gasteiger partial charge in [-0.2, -0.15) is 4.99 Å². The third-order valence-electron chi connectivity index (χ3n) is 3.87. The summed E-state index contributed by atoms with van der Waals surface area (Å²) in [5.74, 6) is 0.555. The summed E-state index contributed by atoms with van der Waals surface area (Å²) in [5, 5.41) is 0. The number of benzene rings is 2. The van der Waals surface area contributed by atoms with Gasteiger partial charge < -0.3 is 9.30 Å². The van der Waals surface area contributed by atoms with Crippen molar-refractivity contribution in [3.05, 3.63) is 68.2 Å². The first-order valence-corrected chi connectivity index (χ1v) is 9.26. The molecule has 128 valence electrons. The molecule has 0 bridgehead atoms. The van der Waals surface area contributed by atoms with Crippen LogP contribution in [-0.4, -0.2) is 17.6 Å². The Morgan fingerprint density at radius 1 is 1.16 bits per heavy atom. The molecule has 4 nitrogen and oxygen atoms in total. The molecule has 0 radical (unpaired) electrons. The molecule has 6 heteroatoms. The molecule has 0 aliphatic rings. The first-order chi connectivity index (χ1) is 12.0. The lowest BCUT2D eigenvalue weighted by Gasteiger charge is -2.06. The smallest absolute Gasteiger partial charge is 0.280 e. The van der Waals surface area contributed by atoms with Crippen molar-refractivity contribution in [2.24, 2.45) is 12.0 Å². The van der Waals surface area contributed by atoms with Crippen LogP contribution in [0.15, 0.2) is 58.0 Å². The Hall–Kier alpha value is -2.18. The minimum atomic E-state index is -0.259. The number of aryl methyl sites for hydroxylation is 1. The Morgan fingerprint density at radius 2 is 1.84 bits per heavy atom. The summed E-state index contributed by atoms with van der Waals surface area (Å²) in [7, 11) is 3.57. The second-order valence-corrected chi connectivity index (χ2v) is 7.51. The first-order valence-electron chi connectivity index (χ1n) is 7.65. The molecule has 0 saturated heterocycles. The van der Waals surface area contributed by atoms with E-state index >= 15 is 0 Å². The van der Waals surface area contributed by atoms with E-state index in [1.54, 1.807) is 13.2 Å². The number of carbonyl (C=O) groups excluding carboxylic acids is 1. The average Bonchev–Trinajstić information content (AvgIpc) is 2.89. The van der Waals surface area contributed by atoms with Crippen molar-refractivity contribution in [2.45, 2.75) is 6.92 Å². The number of halogens is 1. The van der Waals surface area contributed by atoms with Crippen LogP contribution in [0, 0.1) is 6.92 Å². The zero-order valence-corrected chi connectivity index (χ0v) is 16.5. The molecule has 1 heterocycles. The van der Waals surface area contributed by atoms with Crippen molar-refractivity contribution in [2.75, 3.05) is 7.11 Å². The molecule has 0 fully saturated rings. The molecule has 0 unspecified atom stereocenters. The van der Waals surface area contributed by atoms with E-state index in [0.29, 0.717) is 10.4 Å². The van der Waals surface area contributed by atoms with Gasteiger partial charge in [0, 0.05) is 16.4 Å². The number of nitrogens with zero attached hydrogens (tertiary/aromatic N) is 2. The summed E-state index contributed by atoms with van der Waals surface area (Å²) >= 11 is 4.91. The van der Waals surface area contributed by atoms with Gasteiger partial charge in [-0.15, -0.1) is 11.3 Å². The Morgan fingerprint density at radius 3 is 2.48 bits per heavy atom. The number of amides is 1. The Kier molecular flexibility index (Phi) is 5.20. The van der Waals surface area contributed by atoms with Gasteiger partial charge in [-0.25, -0.2) is 0 Å². The normalized spacial score (nSPS) is 11.6. The fourth-order valence-electron chi connectivity index (χ4n) is 2.61. The highest BCUT2D eigenvalue weighted by Gasteiger charge is 2.13. The first kappa shape index (κ1) is 17.6. The van der Waals surface area contributed by atoms with Crippen LogP contribution < -0.4 is 9.54 Å². The summed E-state index contributed by atoms with van der Waals surface area (Å²) in [6.45, 7) is 2.03. The number of hydrogen-bond acceptors (Lipinski definition) is 3. The Bertz CT molecular complexity index is 987. The van der Waals surface area contributed by atoms with E-state index in [4.69, 9.17) is 4.74 Å². The zero-order chi connectivity index (χ0) is 18.0. The molecule has 1 amide bonds. The van der Waals surface area contributed by atoms with E-state index in [1.807, 2.05) is 61.0 Å². The van der Waals surface area contributed by atoms with Gasteiger partial charge in [0.2, 0.25) is 0 Å². The van der Waals surface area contributed by atoms with Crippen molar-refractivity contribution >= 4 is 33.2 Å². The molecule has 0 aliphatic carbocycles. The molecule has 3 aromatic rings. The van der Waals surface area contributed by atoms with Crippen molar-refractivity contribution in [3.8, 4) is 17.0 Å². The van der Waals surface area contributed by atoms with E-state index in [-0.39, 0.29) is 5.91 Å². The van der Waals surface area contributed by atoms with Gasteiger partial charge in [0.1, 0.15) is 5.75 Å². The maximum atomic E-state index is 12.5. The molecular weight excluding hydrogens is 400 g/mol. The van der Waals surface area contributed by atoms with Gasteiger partial charge in [0.15, 0.2) is 4.80 Å². The van der Waals surface area contributed by atoms with Gasteiger partial charge in [-0.1, -0.05) is 12.1 Å². The SMILES string of the molecule is COc1ccc(-c2c(C)sc(=NC(=O)c3ccccc3Br)n2C)cc1. The van der Waals surface area contributed by atoms with Crippen molar-refractivity contribution in [1.82, 2.24) is 4.57 Å². The fourth-order valence-corrected chi connectivity index (χ4v) is 4.05. The van der Waals surface area contributed by atoms with Crippen LogP contribution in [0.5, 0.6) is 5.75 Å². The summed E-state index contributed by atoms with van der Waals surface area (Å²) in [6.07, 6.45) is 0. The number of thiazole rings is 1. The van der Waals surface area contributed by atoms with Crippen molar-refractivity contribution < 1.29 is 9.53 Å². The highest BCUT2D eigenvalue weighted by Crippen LogP contribution is 2.26. The van der Waals surface area contributed by atoms with Crippen LogP contribution in [0.4, 0.5) is 0 Å². The molecule has 0 saturated carbocycles. The van der Waals surface area contributed by atoms with Crippen LogP contribution in [0.2, 0.25) is 0 Å². The van der Waals surface area contributed by atoms with Gasteiger partial charge in [-0.05, 0) is 64.8 Å². The molecule has 25 heavy (non-hydrogen) atoms. The van der Waals surface area contributed by atoms with Gasteiger partial charge >= 0.3 is 0 Å². The van der Waals surface area contributed by atoms with Crippen LogP contribution in [0.3, 0.4) is 0 Å². The number of methoxy groups -OCH3 is 1. The molecule has 3 rings (SSSR count). The van der Waals surface area contributed by atoms with Gasteiger partial charge in [0.25, 0.3) is 5.91 Å². The molecule has 2 aromatic carbocycles. The van der Waals surface area contributed by atoms with E-state index in [2.05, 4.69) is 20.9 Å². The molecule has 0 spiro atoms. The van der Waals surface area contributed by atoms with Crippen LogP contribution in [0.1, 0.15) is 15.2 Å². The van der Waals surface area contributed by atoms with E-state index < -0.39 is 0 Å². The molecule has 1 aromatic heterocycles. The number of aromatic nitrogens is 1. The molecule has 0 N–H and O–H groups in total. The summed E-state index contributed by atoms with van der Waals surface area (Å²) in [5.41, 5.74) is 2.66. The number of carbonyl (C=O) groups is 1. The van der Waals surface area contributed by atoms with E-state index in [0.717, 1.165) is 26.4 Å². The molecule has 0 atom stereocenters. The summed E-state index contributed by atoms with van der Waals surface area (Å²) in [4.78, 5) is 18.6. The zero-order valence-electron chi connectivity index (χ0n) is 14.1. The minimum Gasteiger partial charge on any atom is -0.497 e. The highest BCUT2D eigenvalue weighted by atomic mass is 79.9. The number of hydrogen-bond donors (Lipinski definition) is 0. The lowest BCUT2D eigenvalue weighted by molar-refractivity contribution is 0.0997. The monoisotopic (exact) mass is 416 g/mol. The van der Waals surface area contributed by atoms with E-state index in [1.165, 1.54) is 11.3 Å². The second-order valence-electron chi connectivity index (χ2n) is 5.47. The predicted octanol–water partition coefficient (Wildman–Crippen LogP) is 4.57. The highest BCUT2D eigenvalue weighted by molar-refractivity contribution is 9.10. The molecular formula is C19H17BrN2O2S. The van der Waals surface area contributed by atoms with Crippen molar-refractivity contribution in [1.29, 1.82) is 0 Å². The number of ether oxygens (including phenoxy) is 1. The molecule has 0 aliphatic heterocycles. The van der Waals surface area contributed by atoms with Crippen LogP contribution in [0.25, 0.3) is 11.3 Å². The number of rotatable bonds is 3. The van der Waals surface area contributed by atoms with E-state index in [9.17, 15) is 4.79 Å². The largest absolute Gasteiger partial charge is 0.497 e. The summed E-state index contributed by atoms with van der Waals surface area (Å²) < 4.78 is 7.91. The second kappa shape index (κ2) is 7.37. The quantitative estimate of drug-likeness (QED) is 0.627. The summed E-state index contributed by atoms with van der Waals surface area (Å²) in [6, 6.07) is 15.2. The average molecular weight is 417 g/mol. The Balaban J connectivity index is 2.04. The Labute approximate surface area is 158 Å².